The fraction of sp³-hybridized carbons (Fsp3) is 0.526. The number of aromatic nitrogens is 2. The molecule has 8 heteroatoms. The first-order valence-electron chi connectivity index (χ1n) is 9.00. The van der Waals surface area contributed by atoms with Crippen LogP contribution in [0.1, 0.15) is 36.9 Å². The van der Waals surface area contributed by atoms with Crippen LogP contribution in [-0.2, 0) is 11.3 Å². The van der Waals surface area contributed by atoms with E-state index in [0.29, 0.717) is 19.1 Å². The number of carbonyl (C=O) groups excluding carboxylic acids is 1. The molecule has 0 aromatic carbocycles. The molecule has 3 rings (SSSR count). The zero-order valence-corrected chi connectivity index (χ0v) is 16.8. The summed E-state index contributed by atoms with van der Waals surface area (Å²) < 4.78 is 11.6. The molecule has 2 aromatic heterocycles. The van der Waals surface area contributed by atoms with E-state index in [9.17, 15) is 4.79 Å². The van der Waals surface area contributed by atoms with Gasteiger partial charge in [-0.2, -0.15) is 0 Å². The van der Waals surface area contributed by atoms with Gasteiger partial charge in [-0.1, -0.05) is 0 Å². The van der Waals surface area contributed by atoms with Crippen molar-refractivity contribution in [3.05, 3.63) is 35.5 Å². The molecule has 2 aromatic rings. The molecule has 0 bridgehead atoms. The highest BCUT2D eigenvalue weighted by atomic mass is 35.5. The van der Waals surface area contributed by atoms with Gasteiger partial charge in [0.1, 0.15) is 11.5 Å². The predicted molar refractivity (Wildman–Crippen MR) is 105 cm³/mol. The van der Waals surface area contributed by atoms with Crippen molar-refractivity contribution in [3.63, 3.8) is 0 Å². The summed E-state index contributed by atoms with van der Waals surface area (Å²) in [4.78, 5) is 21.8. The van der Waals surface area contributed by atoms with Gasteiger partial charge < -0.3 is 9.15 Å². The lowest BCUT2D eigenvalue weighted by Gasteiger charge is -2.31. The minimum atomic E-state index is -0.185. The first kappa shape index (κ1) is 21.2. The summed E-state index contributed by atoms with van der Waals surface area (Å²) >= 11 is 0. The number of anilines is 1. The van der Waals surface area contributed by atoms with E-state index in [1.807, 2.05) is 26.0 Å². The standard InChI is InChI=1S/C19H26N4O3.ClH/c1-13-7-17(8-14(2)21-13)25-12-16-5-4-6-23(10-16)11-18-9-20-19(26-18)22-15(3)24;/h7-9,16H,4-6,10-12H2,1-3H3,(H,20,22,24);1H. The van der Waals surface area contributed by atoms with E-state index in [1.165, 1.54) is 6.92 Å². The Morgan fingerprint density at radius 1 is 1.37 bits per heavy atom. The van der Waals surface area contributed by atoms with Gasteiger partial charge in [0.25, 0.3) is 0 Å². The van der Waals surface area contributed by atoms with Crippen LogP contribution in [0.15, 0.2) is 22.7 Å². The topological polar surface area (TPSA) is 80.5 Å². The normalized spacial score (nSPS) is 17.2. The largest absolute Gasteiger partial charge is 0.493 e. The number of nitrogens with one attached hydrogen (secondary N) is 1. The second-order valence-corrected chi connectivity index (χ2v) is 6.95. The lowest BCUT2D eigenvalue weighted by Crippen LogP contribution is -2.37. The number of ether oxygens (including phenoxy) is 1. The number of nitrogens with zero attached hydrogens (tertiary/aromatic N) is 3. The maximum absolute atomic E-state index is 11.0. The fourth-order valence-electron chi connectivity index (χ4n) is 3.33. The van der Waals surface area contributed by atoms with Crippen LogP contribution < -0.4 is 10.1 Å². The van der Waals surface area contributed by atoms with E-state index < -0.39 is 0 Å². The van der Waals surface area contributed by atoms with Gasteiger partial charge in [-0.05, 0) is 33.2 Å². The van der Waals surface area contributed by atoms with E-state index in [0.717, 1.165) is 48.8 Å². The summed E-state index contributed by atoms with van der Waals surface area (Å²) in [6.07, 6.45) is 3.97. The Hall–Kier alpha value is -2.12. The van der Waals surface area contributed by atoms with Gasteiger partial charge in [0, 0.05) is 42.9 Å². The summed E-state index contributed by atoms with van der Waals surface area (Å²) in [6, 6.07) is 4.21. The smallest absolute Gasteiger partial charge is 0.301 e. The summed E-state index contributed by atoms with van der Waals surface area (Å²) in [7, 11) is 0. The van der Waals surface area contributed by atoms with Crippen molar-refractivity contribution in [1.29, 1.82) is 0 Å². The second-order valence-electron chi connectivity index (χ2n) is 6.95. The molecular formula is C19H27ClN4O3. The van der Waals surface area contributed by atoms with Gasteiger partial charge in [-0.15, -0.1) is 12.4 Å². The number of piperidine rings is 1. The molecule has 1 aliphatic heterocycles. The van der Waals surface area contributed by atoms with Crippen molar-refractivity contribution >= 4 is 24.3 Å². The van der Waals surface area contributed by atoms with Crippen molar-refractivity contribution in [2.75, 3.05) is 25.0 Å². The summed E-state index contributed by atoms with van der Waals surface area (Å²) in [5.74, 6) is 1.95. The van der Waals surface area contributed by atoms with E-state index >= 15 is 0 Å². The van der Waals surface area contributed by atoms with Crippen molar-refractivity contribution < 1.29 is 13.9 Å². The molecular weight excluding hydrogens is 368 g/mol. The van der Waals surface area contributed by atoms with Crippen LogP contribution in [0.5, 0.6) is 5.75 Å². The average molecular weight is 395 g/mol. The van der Waals surface area contributed by atoms with Crippen LogP contribution in [0, 0.1) is 19.8 Å². The number of rotatable bonds is 6. The molecule has 1 aliphatic rings. The fourth-order valence-corrected chi connectivity index (χ4v) is 3.33. The van der Waals surface area contributed by atoms with Gasteiger partial charge in [0.05, 0.1) is 19.3 Å². The first-order chi connectivity index (χ1) is 12.5. The maximum Gasteiger partial charge on any atom is 0.301 e. The molecule has 1 unspecified atom stereocenters. The van der Waals surface area contributed by atoms with E-state index in [-0.39, 0.29) is 24.3 Å². The van der Waals surface area contributed by atoms with Gasteiger partial charge >= 0.3 is 6.01 Å². The van der Waals surface area contributed by atoms with E-state index in [4.69, 9.17) is 9.15 Å². The Morgan fingerprint density at radius 3 is 2.81 bits per heavy atom. The Morgan fingerprint density at radius 2 is 2.11 bits per heavy atom. The minimum absolute atomic E-state index is 0. The minimum Gasteiger partial charge on any atom is -0.493 e. The highest BCUT2D eigenvalue weighted by molar-refractivity contribution is 5.86. The third kappa shape index (κ3) is 6.52. The number of hydrogen-bond acceptors (Lipinski definition) is 6. The Kier molecular flexibility index (Phi) is 7.62. The molecule has 0 saturated carbocycles. The van der Waals surface area contributed by atoms with Gasteiger partial charge in [0.15, 0.2) is 0 Å². The summed E-state index contributed by atoms with van der Waals surface area (Å²) in [5.41, 5.74) is 1.95. The van der Waals surface area contributed by atoms with E-state index in [1.54, 1.807) is 6.20 Å². The molecule has 0 radical (unpaired) electrons. The first-order valence-corrected chi connectivity index (χ1v) is 9.00. The highest BCUT2D eigenvalue weighted by Gasteiger charge is 2.22. The molecule has 1 atom stereocenters. The van der Waals surface area contributed by atoms with Crippen LogP contribution in [0.3, 0.4) is 0 Å². The Bertz CT molecular complexity index is 745. The molecule has 1 fully saturated rings. The third-order valence-corrected chi connectivity index (χ3v) is 4.36. The molecule has 148 valence electrons. The van der Waals surface area contributed by atoms with Crippen LogP contribution in [0.2, 0.25) is 0 Å². The molecule has 7 nitrogen and oxygen atoms in total. The Labute approximate surface area is 165 Å². The van der Waals surface area contributed by atoms with Crippen molar-refractivity contribution in [2.24, 2.45) is 5.92 Å². The molecule has 0 aliphatic carbocycles. The summed E-state index contributed by atoms with van der Waals surface area (Å²) in [5, 5.41) is 2.56. The monoisotopic (exact) mass is 394 g/mol. The van der Waals surface area contributed by atoms with Crippen LogP contribution >= 0.6 is 12.4 Å². The second kappa shape index (κ2) is 9.71. The number of carbonyl (C=O) groups is 1. The molecule has 1 N–H and O–H groups in total. The Balaban J connectivity index is 0.00000261. The molecule has 1 amide bonds. The number of amides is 1. The zero-order valence-electron chi connectivity index (χ0n) is 16.0. The SMILES string of the molecule is CC(=O)Nc1ncc(CN2CCCC(COc3cc(C)nc(C)c3)C2)o1.Cl. The van der Waals surface area contributed by atoms with Crippen LogP contribution in [0.4, 0.5) is 6.01 Å². The zero-order chi connectivity index (χ0) is 18.5. The van der Waals surface area contributed by atoms with E-state index in [2.05, 4.69) is 20.2 Å². The van der Waals surface area contributed by atoms with Crippen molar-refractivity contribution in [2.45, 2.75) is 40.2 Å². The van der Waals surface area contributed by atoms with Crippen LogP contribution in [-0.4, -0.2) is 40.5 Å². The lowest BCUT2D eigenvalue weighted by atomic mass is 9.99. The number of pyridine rings is 1. The van der Waals surface area contributed by atoms with Gasteiger partial charge in [0.2, 0.25) is 5.91 Å². The molecule has 0 spiro atoms. The number of likely N-dealkylation sites (tertiary alicyclic amines) is 1. The predicted octanol–water partition coefficient (Wildman–Crippen LogP) is 3.36. The summed E-state index contributed by atoms with van der Waals surface area (Å²) in [6.45, 7) is 8.78. The number of halogens is 1. The average Bonchev–Trinajstić information content (AvgIpc) is 2.98. The molecule has 27 heavy (non-hydrogen) atoms. The number of hydrogen-bond donors (Lipinski definition) is 1. The van der Waals surface area contributed by atoms with Crippen molar-refractivity contribution in [3.8, 4) is 5.75 Å². The molecule has 3 heterocycles. The third-order valence-electron chi connectivity index (χ3n) is 4.36. The van der Waals surface area contributed by atoms with Crippen molar-refractivity contribution in [1.82, 2.24) is 14.9 Å². The van der Waals surface area contributed by atoms with Gasteiger partial charge in [-0.25, -0.2) is 4.98 Å². The van der Waals surface area contributed by atoms with Crippen LogP contribution in [0.25, 0.3) is 0 Å². The lowest BCUT2D eigenvalue weighted by molar-refractivity contribution is -0.114. The molecule has 1 saturated heterocycles. The highest BCUT2D eigenvalue weighted by Crippen LogP contribution is 2.22. The van der Waals surface area contributed by atoms with Gasteiger partial charge in [-0.3, -0.25) is 20.0 Å². The quantitative estimate of drug-likeness (QED) is 0.809. The number of oxazole rings is 1. The number of aryl methyl sites for hydroxylation is 2. The maximum atomic E-state index is 11.0.